The number of morpholine rings is 1. The van der Waals surface area contributed by atoms with Crippen LogP contribution in [0.2, 0.25) is 0 Å². The van der Waals surface area contributed by atoms with Crippen molar-refractivity contribution in [2.75, 3.05) is 56.2 Å². The van der Waals surface area contributed by atoms with Crippen LogP contribution in [-0.4, -0.2) is 79.0 Å². The van der Waals surface area contributed by atoms with E-state index in [9.17, 15) is 18.0 Å². The minimum Gasteiger partial charge on any atom is -0.466 e. The van der Waals surface area contributed by atoms with Crippen molar-refractivity contribution >= 4 is 33.2 Å². The third kappa shape index (κ3) is 5.15. The molecule has 182 valence electrons. The average Bonchev–Trinajstić information content (AvgIpc) is 2.81. The van der Waals surface area contributed by atoms with Gasteiger partial charge >= 0.3 is 11.9 Å². The van der Waals surface area contributed by atoms with Gasteiger partial charge in [-0.05, 0) is 32.0 Å². The molecule has 10 nitrogen and oxygen atoms in total. The maximum absolute atomic E-state index is 12.8. The number of nitrogens with zero attached hydrogens (tertiary/aromatic N) is 2. The molecule has 2 aliphatic heterocycles. The summed E-state index contributed by atoms with van der Waals surface area (Å²) in [5.41, 5.74) is 1.04. The van der Waals surface area contributed by atoms with Crippen LogP contribution < -0.4 is 9.80 Å². The van der Waals surface area contributed by atoms with Crippen LogP contribution in [0.25, 0.3) is 0 Å². The van der Waals surface area contributed by atoms with Crippen LogP contribution >= 0.6 is 0 Å². The Bertz CT molecular complexity index is 1040. The molecule has 2 atom stereocenters. The van der Waals surface area contributed by atoms with E-state index >= 15 is 0 Å². The fourth-order valence-corrected chi connectivity index (χ4v) is 4.96. The first-order valence-electron chi connectivity index (χ1n) is 10.6. The fourth-order valence-electron chi connectivity index (χ4n) is 4.06. The molecule has 0 aromatic heterocycles. The zero-order valence-corrected chi connectivity index (χ0v) is 20.3. The van der Waals surface area contributed by atoms with Crippen LogP contribution in [0.5, 0.6) is 0 Å². The molecule has 2 heterocycles. The van der Waals surface area contributed by atoms with E-state index < -0.39 is 21.8 Å². The molecule has 1 saturated heterocycles. The van der Waals surface area contributed by atoms with Crippen molar-refractivity contribution in [1.82, 2.24) is 0 Å². The summed E-state index contributed by atoms with van der Waals surface area (Å²) >= 11 is 0. The Morgan fingerprint density at radius 1 is 1.06 bits per heavy atom. The normalized spacial score (nSPS) is 21.7. The molecule has 3 rings (SSSR count). The summed E-state index contributed by atoms with van der Waals surface area (Å²) in [6.45, 7) is 6.38. The van der Waals surface area contributed by atoms with Crippen molar-refractivity contribution in [3.05, 3.63) is 29.5 Å². The zero-order valence-electron chi connectivity index (χ0n) is 19.5. The van der Waals surface area contributed by atoms with E-state index in [1.165, 1.54) is 25.2 Å². The van der Waals surface area contributed by atoms with Crippen LogP contribution in [0, 0.1) is 0 Å². The molecule has 11 heteroatoms. The quantitative estimate of drug-likeness (QED) is 0.553. The lowest BCUT2D eigenvalue weighted by atomic mass is 10.1. The van der Waals surface area contributed by atoms with E-state index in [1.54, 1.807) is 19.1 Å². The lowest BCUT2D eigenvalue weighted by Crippen LogP contribution is -2.46. The van der Waals surface area contributed by atoms with Crippen molar-refractivity contribution in [3.63, 3.8) is 0 Å². The number of hydrogen-bond acceptors (Lipinski definition) is 10. The minimum atomic E-state index is -3.54. The Labute approximate surface area is 193 Å². The van der Waals surface area contributed by atoms with Gasteiger partial charge in [0.15, 0.2) is 9.84 Å². The second-order valence-electron chi connectivity index (χ2n) is 7.93. The number of sulfone groups is 1. The number of rotatable bonds is 6. The highest BCUT2D eigenvalue weighted by Crippen LogP contribution is 2.38. The predicted molar refractivity (Wildman–Crippen MR) is 121 cm³/mol. The number of benzene rings is 1. The topological polar surface area (TPSA) is 112 Å². The van der Waals surface area contributed by atoms with Gasteiger partial charge in [-0.25, -0.2) is 18.0 Å². The minimum absolute atomic E-state index is 0.00554. The number of anilines is 2. The molecular formula is C22H30N2O8S. The average molecular weight is 483 g/mol. The van der Waals surface area contributed by atoms with Gasteiger partial charge in [0.2, 0.25) is 0 Å². The Kier molecular flexibility index (Phi) is 7.65. The summed E-state index contributed by atoms with van der Waals surface area (Å²) in [6, 6.07) is 4.77. The van der Waals surface area contributed by atoms with Crippen molar-refractivity contribution in [2.45, 2.75) is 37.9 Å². The highest BCUT2D eigenvalue weighted by Gasteiger charge is 2.35. The molecule has 0 spiro atoms. The van der Waals surface area contributed by atoms with E-state index in [4.69, 9.17) is 18.9 Å². The summed E-state index contributed by atoms with van der Waals surface area (Å²) in [5, 5.41) is 0. The number of esters is 2. The summed E-state index contributed by atoms with van der Waals surface area (Å²) < 4.78 is 46.5. The monoisotopic (exact) mass is 482 g/mol. The molecule has 0 amide bonds. The number of methoxy groups -OCH3 is 2. The summed E-state index contributed by atoms with van der Waals surface area (Å²) in [6.07, 6.45) is -0.112. The molecule has 1 aromatic carbocycles. The van der Waals surface area contributed by atoms with E-state index in [2.05, 4.69) is 4.90 Å². The van der Waals surface area contributed by atoms with E-state index in [-0.39, 0.29) is 47.5 Å². The highest BCUT2D eigenvalue weighted by atomic mass is 32.2. The van der Waals surface area contributed by atoms with Crippen LogP contribution in [-0.2, 0) is 38.4 Å². The van der Waals surface area contributed by atoms with Gasteiger partial charge in [0, 0.05) is 13.1 Å². The first-order valence-corrected chi connectivity index (χ1v) is 12.3. The summed E-state index contributed by atoms with van der Waals surface area (Å²) in [5.74, 6) is -1.56. The number of carbonyl (C=O) groups is 2. The van der Waals surface area contributed by atoms with Gasteiger partial charge in [-0.3, -0.25) is 0 Å². The summed E-state index contributed by atoms with van der Waals surface area (Å²) in [7, 11) is -1.12. The first-order chi connectivity index (χ1) is 15.6. The predicted octanol–water partition coefficient (Wildman–Crippen LogP) is 1.49. The molecule has 2 aliphatic rings. The second kappa shape index (κ2) is 10.1. The lowest BCUT2D eigenvalue weighted by Gasteiger charge is -2.40. The molecule has 0 aliphatic carbocycles. The third-order valence-electron chi connectivity index (χ3n) is 5.57. The molecule has 0 radical (unpaired) electrons. The van der Waals surface area contributed by atoms with Crippen molar-refractivity contribution in [2.24, 2.45) is 0 Å². The number of carbonyl (C=O) groups excluding carboxylic acids is 2. The molecular weight excluding hydrogens is 452 g/mol. The second-order valence-corrected chi connectivity index (χ2v) is 10.2. The first kappa shape index (κ1) is 25.0. The summed E-state index contributed by atoms with van der Waals surface area (Å²) in [4.78, 5) is 28.8. The van der Waals surface area contributed by atoms with Crippen LogP contribution in [0.3, 0.4) is 0 Å². The molecule has 1 fully saturated rings. The highest BCUT2D eigenvalue weighted by molar-refractivity contribution is 7.91. The smallest absolute Gasteiger partial charge is 0.355 e. The third-order valence-corrected chi connectivity index (χ3v) is 7.30. The van der Waals surface area contributed by atoms with Crippen molar-refractivity contribution in [3.8, 4) is 0 Å². The van der Waals surface area contributed by atoms with Crippen LogP contribution in [0.4, 0.5) is 11.4 Å². The van der Waals surface area contributed by atoms with Gasteiger partial charge < -0.3 is 28.7 Å². The van der Waals surface area contributed by atoms with Crippen molar-refractivity contribution in [1.29, 1.82) is 0 Å². The largest absolute Gasteiger partial charge is 0.466 e. The van der Waals surface area contributed by atoms with Gasteiger partial charge in [0.1, 0.15) is 12.4 Å². The van der Waals surface area contributed by atoms with E-state index in [0.29, 0.717) is 24.5 Å². The van der Waals surface area contributed by atoms with Gasteiger partial charge in [-0.15, -0.1) is 0 Å². The standard InChI is InChI=1S/C22H30N2O8S/c1-6-33(27,28)16-7-8-18(23-10-14(2)32-15(3)11-23)19(9-16)24-13-31-12-17(21(25)29-4)20(24)22(26)30-5/h7-9,14-15H,6,10-13H2,1-5H3. The van der Waals surface area contributed by atoms with E-state index in [1.807, 2.05) is 13.8 Å². The Morgan fingerprint density at radius 2 is 1.70 bits per heavy atom. The fraction of sp³-hybridized carbons (Fsp3) is 0.545. The van der Waals surface area contributed by atoms with Gasteiger partial charge in [-0.2, -0.15) is 0 Å². The van der Waals surface area contributed by atoms with Crippen molar-refractivity contribution < 1.29 is 37.0 Å². The molecule has 0 N–H and O–H groups in total. The lowest BCUT2D eigenvalue weighted by molar-refractivity contribution is -0.140. The number of hydrogen-bond donors (Lipinski definition) is 0. The van der Waals surface area contributed by atoms with Gasteiger partial charge in [0.05, 0.1) is 60.6 Å². The van der Waals surface area contributed by atoms with Gasteiger partial charge in [-0.1, -0.05) is 6.92 Å². The van der Waals surface area contributed by atoms with Crippen LogP contribution in [0.1, 0.15) is 20.8 Å². The number of ether oxygens (including phenoxy) is 4. The molecule has 2 unspecified atom stereocenters. The van der Waals surface area contributed by atoms with Gasteiger partial charge in [0.25, 0.3) is 0 Å². The van der Waals surface area contributed by atoms with E-state index in [0.717, 1.165) is 0 Å². The Morgan fingerprint density at radius 3 is 2.27 bits per heavy atom. The zero-order chi connectivity index (χ0) is 24.3. The maximum Gasteiger partial charge on any atom is 0.355 e. The molecule has 0 bridgehead atoms. The molecule has 0 saturated carbocycles. The SMILES string of the molecule is CCS(=O)(=O)c1ccc(N2CC(C)OC(C)C2)c(N2COCC(C(=O)OC)=C2C(=O)OC)c1. The van der Waals surface area contributed by atoms with Crippen LogP contribution in [0.15, 0.2) is 34.4 Å². The Balaban J connectivity index is 2.24. The molecule has 1 aromatic rings. The maximum atomic E-state index is 12.8. The molecule has 33 heavy (non-hydrogen) atoms. The Hall–Kier alpha value is -2.63.